The Balaban J connectivity index is 1.28. The lowest BCUT2D eigenvalue weighted by atomic mass is 9.49. The molecule has 0 N–H and O–H groups in total. The van der Waals surface area contributed by atoms with E-state index >= 15 is 0 Å². The Morgan fingerprint density at radius 1 is 1.11 bits per heavy atom. The highest BCUT2D eigenvalue weighted by molar-refractivity contribution is 8.00. The van der Waals surface area contributed by atoms with Crippen molar-refractivity contribution >= 4 is 23.4 Å². The van der Waals surface area contributed by atoms with E-state index < -0.39 is 0 Å². The van der Waals surface area contributed by atoms with Crippen LogP contribution in [0.4, 0.5) is 5.69 Å². The van der Waals surface area contributed by atoms with E-state index in [1.54, 1.807) is 4.90 Å². The molecule has 4 aliphatic carbocycles. The van der Waals surface area contributed by atoms with Crippen LogP contribution >= 0.6 is 11.8 Å². The summed E-state index contributed by atoms with van der Waals surface area (Å²) in [4.78, 5) is 14.5. The number of carbonyl (C=O) groups excluding carboxylic acids is 1. The number of para-hydroxylation sites is 1. The largest absolute Gasteiger partial charge is 0.415 e. The molecule has 5 nitrogen and oxygen atoms in total. The number of aromatic nitrogens is 2. The van der Waals surface area contributed by atoms with Gasteiger partial charge in [0, 0.05) is 18.2 Å². The second kappa shape index (κ2) is 6.90. The molecule has 6 rings (SSSR count). The molecule has 0 radical (unpaired) electrons. The van der Waals surface area contributed by atoms with Gasteiger partial charge in [-0.3, -0.25) is 4.79 Å². The molecule has 4 bridgehead atoms. The predicted molar refractivity (Wildman–Crippen MR) is 109 cm³/mol. The standard InChI is InChI=1S/C22H27N3O2S/c1-14(19(26)25(2)18-6-4-3-5-7-18)28-21-24-23-20(27-21)22-11-15-8-16(12-22)10-17(9-15)13-22/h3-7,14-17H,8-13H2,1-2H3/t14-,15?,16?,17?,22?/m1/s1. The second-order valence-corrected chi connectivity index (χ2v) is 10.4. The topological polar surface area (TPSA) is 59.2 Å². The Kier molecular flexibility index (Phi) is 4.49. The lowest BCUT2D eigenvalue weighted by Gasteiger charge is -2.55. The highest BCUT2D eigenvalue weighted by atomic mass is 32.2. The van der Waals surface area contributed by atoms with Gasteiger partial charge in [0.15, 0.2) is 0 Å². The normalized spacial score (nSPS) is 31.7. The lowest BCUT2D eigenvalue weighted by molar-refractivity contribution is -0.117. The molecular formula is C22H27N3O2S. The first-order chi connectivity index (χ1) is 13.5. The van der Waals surface area contributed by atoms with E-state index in [1.165, 1.54) is 50.3 Å². The molecule has 1 aromatic heterocycles. The molecule has 4 fully saturated rings. The van der Waals surface area contributed by atoms with E-state index in [9.17, 15) is 4.79 Å². The van der Waals surface area contributed by atoms with Crippen molar-refractivity contribution in [3.8, 4) is 0 Å². The van der Waals surface area contributed by atoms with E-state index in [0.717, 1.165) is 29.3 Å². The Bertz CT molecular complexity index is 830. The monoisotopic (exact) mass is 397 g/mol. The lowest BCUT2D eigenvalue weighted by Crippen LogP contribution is -2.48. The number of amides is 1. The van der Waals surface area contributed by atoms with Gasteiger partial charge in [0.25, 0.3) is 5.22 Å². The van der Waals surface area contributed by atoms with E-state index in [4.69, 9.17) is 4.42 Å². The Hall–Kier alpha value is -1.82. The van der Waals surface area contributed by atoms with E-state index in [1.807, 2.05) is 44.3 Å². The minimum Gasteiger partial charge on any atom is -0.415 e. The van der Waals surface area contributed by atoms with Crippen LogP contribution in [0.1, 0.15) is 51.3 Å². The summed E-state index contributed by atoms with van der Waals surface area (Å²) in [6, 6.07) is 9.70. The van der Waals surface area contributed by atoms with Crippen LogP contribution in [-0.2, 0) is 10.2 Å². The summed E-state index contributed by atoms with van der Waals surface area (Å²) in [5, 5.41) is 9.00. The fraction of sp³-hybridized carbons (Fsp3) is 0.591. The first kappa shape index (κ1) is 18.2. The van der Waals surface area contributed by atoms with Crippen molar-refractivity contribution in [2.24, 2.45) is 17.8 Å². The van der Waals surface area contributed by atoms with E-state index in [0.29, 0.717) is 5.22 Å². The van der Waals surface area contributed by atoms with Crippen LogP contribution in [-0.4, -0.2) is 28.4 Å². The highest BCUT2D eigenvalue weighted by Gasteiger charge is 2.54. The highest BCUT2D eigenvalue weighted by Crippen LogP contribution is 2.60. The maximum absolute atomic E-state index is 12.8. The van der Waals surface area contributed by atoms with Gasteiger partial charge in [-0.05, 0) is 75.3 Å². The van der Waals surface area contributed by atoms with Crippen LogP contribution in [0, 0.1) is 17.8 Å². The number of anilines is 1. The number of rotatable bonds is 5. The van der Waals surface area contributed by atoms with Crippen molar-refractivity contribution in [2.75, 3.05) is 11.9 Å². The molecule has 1 atom stereocenters. The van der Waals surface area contributed by atoms with Gasteiger partial charge < -0.3 is 9.32 Å². The van der Waals surface area contributed by atoms with Gasteiger partial charge in [-0.15, -0.1) is 10.2 Å². The van der Waals surface area contributed by atoms with Crippen LogP contribution in [0.5, 0.6) is 0 Å². The fourth-order valence-corrected chi connectivity index (χ4v) is 6.87. The minimum atomic E-state index is -0.283. The molecule has 0 spiro atoms. The van der Waals surface area contributed by atoms with E-state index in [2.05, 4.69) is 10.2 Å². The number of nitrogens with zero attached hydrogens (tertiary/aromatic N) is 3. The smallest absolute Gasteiger partial charge is 0.277 e. The van der Waals surface area contributed by atoms with Crippen molar-refractivity contribution in [3.63, 3.8) is 0 Å². The fourth-order valence-electron chi connectivity index (χ4n) is 6.10. The molecule has 4 aliphatic rings. The molecule has 0 unspecified atom stereocenters. The molecule has 28 heavy (non-hydrogen) atoms. The number of carbonyl (C=O) groups is 1. The molecule has 6 heteroatoms. The van der Waals surface area contributed by atoms with Crippen molar-refractivity contribution in [1.29, 1.82) is 0 Å². The number of hydrogen-bond acceptors (Lipinski definition) is 5. The molecule has 0 aliphatic heterocycles. The zero-order valence-electron chi connectivity index (χ0n) is 16.5. The molecule has 148 valence electrons. The summed E-state index contributed by atoms with van der Waals surface area (Å²) in [6.45, 7) is 1.90. The second-order valence-electron chi connectivity index (χ2n) is 9.06. The summed E-state index contributed by atoms with van der Waals surface area (Å²) < 4.78 is 6.14. The van der Waals surface area contributed by atoms with Gasteiger partial charge in [0.2, 0.25) is 11.8 Å². The van der Waals surface area contributed by atoms with Crippen molar-refractivity contribution in [2.45, 2.75) is 61.3 Å². The van der Waals surface area contributed by atoms with Gasteiger partial charge in [-0.1, -0.05) is 30.0 Å². The maximum Gasteiger partial charge on any atom is 0.277 e. The van der Waals surface area contributed by atoms with Gasteiger partial charge in [0.1, 0.15) is 0 Å². The Labute approximate surface area is 170 Å². The van der Waals surface area contributed by atoms with Crippen molar-refractivity contribution < 1.29 is 9.21 Å². The molecule has 2 aromatic rings. The van der Waals surface area contributed by atoms with Crippen LogP contribution in [0.3, 0.4) is 0 Å². The quantitative estimate of drug-likeness (QED) is 0.686. The average molecular weight is 398 g/mol. The number of thioether (sulfide) groups is 1. The zero-order chi connectivity index (χ0) is 19.3. The third-order valence-electron chi connectivity index (χ3n) is 7.00. The molecule has 1 aromatic carbocycles. The summed E-state index contributed by atoms with van der Waals surface area (Å²) >= 11 is 1.37. The van der Waals surface area contributed by atoms with Crippen LogP contribution in [0.2, 0.25) is 0 Å². The molecule has 1 amide bonds. The number of benzene rings is 1. The average Bonchev–Trinajstić information content (AvgIpc) is 3.16. The summed E-state index contributed by atoms with van der Waals surface area (Å²) in [5.74, 6) is 3.38. The van der Waals surface area contributed by atoms with Crippen LogP contribution in [0.15, 0.2) is 40.0 Å². The minimum absolute atomic E-state index is 0.0331. The summed E-state index contributed by atoms with van der Waals surface area (Å²) in [6.07, 6.45) is 7.80. The van der Waals surface area contributed by atoms with Gasteiger partial charge in [-0.2, -0.15) is 0 Å². The predicted octanol–water partition coefficient (Wildman–Crippen LogP) is 4.68. The van der Waals surface area contributed by atoms with Crippen LogP contribution < -0.4 is 4.90 Å². The maximum atomic E-state index is 12.8. The first-order valence-corrected chi connectivity index (χ1v) is 11.2. The Morgan fingerprint density at radius 2 is 1.71 bits per heavy atom. The van der Waals surface area contributed by atoms with Gasteiger partial charge >= 0.3 is 0 Å². The summed E-state index contributed by atoms with van der Waals surface area (Å²) in [5.41, 5.74) is 0.994. The molecule has 0 saturated heterocycles. The zero-order valence-corrected chi connectivity index (χ0v) is 17.3. The van der Waals surface area contributed by atoms with Crippen molar-refractivity contribution in [3.05, 3.63) is 36.2 Å². The third-order valence-corrected chi connectivity index (χ3v) is 7.92. The molecular weight excluding hydrogens is 370 g/mol. The first-order valence-electron chi connectivity index (χ1n) is 10.4. The summed E-state index contributed by atoms with van der Waals surface area (Å²) in [7, 11) is 1.81. The van der Waals surface area contributed by atoms with Crippen molar-refractivity contribution in [1.82, 2.24) is 10.2 Å². The number of hydrogen-bond donors (Lipinski definition) is 0. The van der Waals surface area contributed by atoms with E-state index in [-0.39, 0.29) is 16.6 Å². The van der Waals surface area contributed by atoms with Crippen LogP contribution in [0.25, 0.3) is 0 Å². The van der Waals surface area contributed by atoms with Gasteiger partial charge in [-0.25, -0.2) is 0 Å². The molecule has 1 heterocycles. The molecule has 4 saturated carbocycles. The van der Waals surface area contributed by atoms with Gasteiger partial charge in [0.05, 0.1) is 5.25 Å². The Morgan fingerprint density at radius 3 is 2.32 bits per heavy atom. The third kappa shape index (κ3) is 3.15. The SMILES string of the molecule is C[C@@H](Sc1nnc(C23CC4CC(CC(C4)C2)C3)o1)C(=O)N(C)c1ccccc1.